The fraction of sp³-hybridized carbons (Fsp3) is 0.455. The molecule has 0 aliphatic carbocycles. The molecule has 0 saturated carbocycles. The molecule has 104 valence electrons. The third kappa shape index (κ3) is 4.20. The number of aryl methyl sites for hydroxylation is 2. The van der Waals surface area contributed by atoms with Crippen molar-refractivity contribution in [3.63, 3.8) is 0 Å². The molecule has 1 aromatic rings. The lowest BCUT2D eigenvalue weighted by atomic mass is 10.1. The van der Waals surface area contributed by atoms with E-state index in [1.807, 2.05) is 0 Å². The first-order valence-corrected chi connectivity index (χ1v) is 6.83. The van der Waals surface area contributed by atoms with Crippen LogP contribution in [0, 0.1) is 19.7 Å². The van der Waals surface area contributed by atoms with E-state index in [9.17, 15) is 12.8 Å². The zero-order valence-electron chi connectivity index (χ0n) is 10.4. The molecule has 0 bridgehead atoms. The first-order valence-electron chi connectivity index (χ1n) is 5.35. The molecule has 0 aliphatic rings. The summed E-state index contributed by atoms with van der Waals surface area (Å²) < 4.78 is 39.5. The lowest BCUT2D eigenvalue weighted by Crippen LogP contribution is -2.27. The number of sulfonamides is 1. The van der Waals surface area contributed by atoms with E-state index in [0.717, 1.165) is 0 Å². The SMILES string of the molecule is Cc1cc(F)cc(C)c1S(=O)(=O)NCCCN.Cl. The molecule has 1 aromatic carbocycles. The second-order valence-electron chi connectivity index (χ2n) is 3.91. The quantitative estimate of drug-likeness (QED) is 0.809. The fourth-order valence-corrected chi connectivity index (χ4v) is 3.23. The van der Waals surface area contributed by atoms with Crippen molar-refractivity contribution in [1.82, 2.24) is 4.72 Å². The summed E-state index contributed by atoms with van der Waals surface area (Å²) in [4.78, 5) is 0.149. The van der Waals surface area contributed by atoms with E-state index in [4.69, 9.17) is 5.73 Å². The van der Waals surface area contributed by atoms with Gasteiger partial charge in [-0.15, -0.1) is 12.4 Å². The third-order valence-corrected chi connectivity index (χ3v) is 4.13. The smallest absolute Gasteiger partial charge is 0.241 e. The number of benzene rings is 1. The van der Waals surface area contributed by atoms with E-state index in [1.54, 1.807) is 13.8 Å². The Hall–Kier alpha value is -0.690. The van der Waals surface area contributed by atoms with E-state index in [1.165, 1.54) is 12.1 Å². The summed E-state index contributed by atoms with van der Waals surface area (Å²) in [7, 11) is -3.58. The summed E-state index contributed by atoms with van der Waals surface area (Å²) in [5.41, 5.74) is 6.10. The molecule has 3 N–H and O–H groups in total. The zero-order valence-corrected chi connectivity index (χ0v) is 12.0. The van der Waals surface area contributed by atoms with Gasteiger partial charge < -0.3 is 5.73 Å². The normalized spacial score (nSPS) is 11.1. The maximum Gasteiger partial charge on any atom is 0.241 e. The maximum atomic E-state index is 13.1. The predicted octanol–water partition coefficient (Wildman–Crippen LogP) is 1.49. The summed E-state index contributed by atoms with van der Waals surface area (Å²) in [6.45, 7) is 3.86. The van der Waals surface area contributed by atoms with Gasteiger partial charge >= 0.3 is 0 Å². The predicted molar refractivity (Wildman–Crippen MR) is 72.0 cm³/mol. The van der Waals surface area contributed by atoms with Gasteiger partial charge in [-0.05, 0) is 50.1 Å². The molecule has 0 atom stereocenters. The Morgan fingerprint density at radius 1 is 1.28 bits per heavy atom. The minimum Gasteiger partial charge on any atom is -0.330 e. The summed E-state index contributed by atoms with van der Waals surface area (Å²) in [5.74, 6) is -0.430. The summed E-state index contributed by atoms with van der Waals surface area (Å²) >= 11 is 0. The van der Waals surface area contributed by atoms with Crippen molar-refractivity contribution in [2.24, 2.45) is 5.73 Å². The van der Waals surface area contributed by atoms with Crippen molar-refractivity contribution in [3.05, 3.63) is 29.1 Å². The van der Waals surface area contributed by atoms with E-state index in [-0.39, 0.29) is 23.8 Å². The first-order chi connectivity index (χ1) is 7.88. The molecule has 1 rings (SSSR count). The number of halogens is 2. The molecule has 0 spiro atoms. The first kappa shape index (κ1) is 17.3. The van der Waals surface area contributed by atoms with Gasteiger partial charge in [-0.3, -0.25) is 0 Å². The van der Waals surface area contributed by atoms with Crippen LogP contribution in [0.1, 0.15) is 17.5 Å². The monoisotopic (exact) mass is 296 g/mol. The van der Waals surface area contributed by atoms with Gasteiger partial charge in [-0.25, -0.2) is 17.5 Å². The van der Waals surface area contributed by atoms with Crippen molar-refractivity contribution in [2.75, 3.05) is 13.1 Å². The van der Waals surface area contributed by atoms with Crippen molar-refractivity contribution in [1.29, 1.82) is 0 Å². The highest BCUT2D eigenvalue weighted by Crippen LogP contribution is 2.20. The van der Waals surface area contributed by atoms with Gasteiger partial charge in [0.1, 0.15) is 5.82 Å². The molecule has 0 radical (unpaired) electrons. The number of nitrogens with one attached hydrogen (secondary N) is 1. The van der Waals surface area contributed by atoms with Crippen LogP contribution in [0.25, 0.3) is 0 Å². The van der Waals surface area contributed by atoms with Gasteiger partial charge in [0.2, 0.25) is 10.0 Å². The van der Waals surface area contributed by atoms with Gasteiger partial charge in [0.05, 0.1) is 4.90 Å². The van der Waals surface area contributed by atoms with E-state index in [2.05, 4.69) is 4.72 Å². The Bertz CT molecular complexity index is 483. The lowest BCUT2D eigenvalue weighted by molar-refractivity contribution is 0.577. The van der Waals surface area contributed by atoms with Crippen molar-refractivity contribution >= 4 is 22.4 Å². The topological polar surface area (TPSA) is 72.2 Å². The Morgan fingerprint density at radius 2 is 1.78 bits per heavy atom. The van der Waals surface area contributed by atoms with Crippen LogP contribution in [-0.4, -0.2) is 21.5 Å². The molecular weight excluding hydrogens is 279 g/mol. The molecular formula is C11H18ClFN2O2S. The summed E-state index contributed by atoms with van der Waals surface area (Å²) in [6.07, 6.45) is 0.568. The van der Waals surface area contributed by atoms with E-state index in [0.29, 0.717) is 24.1 Å². The Morgan fingerprint density at radius 3 is 2.22 bits per heavy atom. The van der Waals surface area contributed by atoms with Crippen LogP contribution in [0.3, 0.4) is 0 Å². The van der Waals surface area contributed by atoms with Crippen molar-refractivity contribution in [3.8, 4) is 0 Å². The fourth-order valence-electron chi connectivity index (χ4n) is 1.70. The largest absolute Gasteiger partial charge is 0.330 e. The highest BCUT2D eigenvalue weighted by Gasteiger charge is 2.19. The number of hydrogen-bond acceptors (Lipinski definition) is 3. The van der Waals surface area contributed by atoms with Crippen molar-refractivity contribution < 1.29 is 12.8 Å². The Labute approximate surface area is 113 Å². The van der Waals surface area contributed by atoms with Gasteiger partial charge in [-0.1, -0.05) is 0 Å². The molecule has 0 aliphatic heterocycles. The zero-order chi connectivity index (χ0) is 13.1. The Balaban J connectivity index is 0.00000289. The highest BCUT2D eigenvalue weighted by atomic mass is 35.5. The number of hydrogen-bond donors (Lipinski definition) is 2. The van der Waals surface area contributed by atoms with Gasteiger partial charge in [0.25, 0.3) is 0 Å². The van der Waals surface area contributed by atoms with Gasteiger partial charge in [-0.2, -0.15) is 0 Å². The molecule has 0 unspecified atom stereocenters. The van der Waals surface area contributed by atoms with Crippen LogP contribution < -0.4 is 10.5 Å². The number of rotatable bonds is 5. The van der Waals surface area contributed by atoms with Crippen LogP contribution in [0.4, 0.5) is 4.39 Å². The van der Waals surface area contributed by atoms with Crippen LogP contribution in [-0.2, 0) is 10.0 Å². The average Bonchev–Trinajstić information content (AvgIpc) is 2.15. The molecule has 4 nitrogen and oxygen atoms in total. The Kier molecular flexibility index (Phi) is 6.77. The summed E-state index contributed by atoms with van der Waals surface area (Å²) in [5, 5.41) is 0. The molecule has 18 heavy (non-hydrogen) atoms. The molecule has 0 aromatic heterocycles. The second kappa shape index (κ2) is 7.04. The van der Waals surface area contributed by atoms with Crippen LogP contribution in [0.5, 0.6) is 0 Å². The maximum absolute atomic E-state index is 13.1. The number of nitrogens with two attached hydrogens (primary N) is 1. The lowest BCUT2D eigenvalue weighted by Gasteiger charge is -2.11. The second-order valence-corrected chi connectivity index (χ2v) is 5.61. The average molecular weight is 297 g/mol. The minimum absolute atomic E-state index is 0. The minimum atomic E-state index is -3.58. The van der Waals surface area contributed by atoms with E-state index < -0.39 is 15.8 Å². The van der Waals surface area contributed by atoms with Gasteiger partial charge in [0, 0.05) is 6.54 Å². The molecule has 0 heterocycles. The molecule has 0 saturated heterocycles. The standard InChI is InChI=1S/C11H17FN2O2S.ClH/c1-8-6-10(12)7-9(2)11(8)17(15,16)14-5-3-4-13;/h6-7,14H,3-5,13H2,1-2H3;1H. The van der Waals surface area contributed by atoms with Crippen LogP contribution >= 0.6 is 12.4 Å². The van der Waals surface area contributed by atoms with Crippen molar-refractivity contribution in [2.45, 2.75) is 25.2 Å². The molecule has 7 heteroatoms. The summed E-state index contributed by atoms with van der Waals surface area (Å²) in [6, 6.07) is 2.43. The third-order valence-electron chi connectivity index (χ3n) is 2.37. The van der Waals surface area contributed by atoms with Gasteiger partial charge in [0.15, 0.2) is 0 Å². The molecule has 0 fully saturated rings. The van der Waals surface area contributed by atoms with Crippen LogP contribution in [0.15, 0.2) is 17.0 Å². The van der Waals surface area contributed by atoms with Crippen LogP contribution in [0.2, 0.25) is 0 Å². The highest BCUT2D eigenvalue weighted by molar-refractivity contribution is 7.89. The molecule has 0 amide bonds. The van der Waals surface area contributed by atoms with E-state index >= 15 is 0 Å².